The van der Waals surface area contributed by atoms with Gasteiger partial charge in [-0.2, -0.15) is 5.10 Å². The molecule has 7 nitrogen and oxygen atoms in total. The fourth-order valence-corrected chi connectivity index (χ4v) is 3.39. The van der Waals surface area contributed by atoms with Crippen molar-refractivity contribution in [2.75, 3.05) is 6.61 Å². The second-order valence-corrected chi connectivity index (χ2v) is 8.57. The predicted octanol–water partition coefficient (Wildman–Crippen LogP) is 4.90. The Hall–Kier alpha value is -2.26. The highest BCUT2D eigenvalue weighted by Crippen LogP contribution is 2.39. The lowest BCUT2D eigenvalue weighted by molar-refractivity contribution is -0.0626. The Morgan fingerprint density at radius 3 is 2.69 bits per heavy atom. The van der Waals surface area contributed by atoms with Gasteiger partial charge in [-0.25, -0.2) is 23.2 Å². The number of amides is 1. The van der Waals surface area contributed by atoms with Crippen LogP contribution < -0.4 is 0 Å². The number of halogens is 3. The highest BCUT2D eigenvalue weighted by molar-refractivity contribution is 6.32. The molecule has 0 aliphatic carbocycles. The van der Waals surface area contributed by atoms with Gasteiger partial charge in [0, 0.05) is 0 Å². The summed E-state index contributed by atoms with van der Waals surface area (Å²) in [6, 6.07) is 4.41. The van der Waals surface area contributed by atoms with Gasteiger partial charge in [0.15, 0.2) is 5.82 Å². The van der Waals surface area contributed by atoms with Crippen LogP contribution in [0.5, 0.6) is 0 Å². The van der Waals surface area contributed by atoms with Crippen LogP contribution in [0.4, 0.5) is 13.6 Å². The Labute approximate surface area is 172 Å². The molecule has 1 atom stereocenters. The zero-order valence-corrected chi connectivity index (χ0v) is 17.6. The summed E-state index contributed by atoms with van der Waals surface area (Å²) < 4.78 is 38.9. The van der Waals surface area contributed by atoms with E-state index in [4.69, 9.17) is 21.1 Å². The minimum Gasteiger partial charge on any atom is -0.444 e. The van der Waals surface area contributed by atoms with E-state index in [1.807, 2.05) is 0 Å². The lowest BCUT2D eigenvalue weighted by Crippen LogP contribution is -2.47. The largest absolute Gasteiger partial charge is 0.444 e. The number of nitrogens with zero attached hydrogens (tertiary/aromatic N) is 4. The van der Waals surface area contributed by atoms with E-state index in [9.17, 15) is 13.6 Å². The van der Waals surface area contributed by atoms with Gasteiger partial charge in [0.2, 0.25) is 0 Å². The van der Waals surface area contributed by atoms with E-state index < -0.39 is 35.7 Å². The van der Waals surface area contributed by atoms with Gasteiger partial charge < -0.3 is 9.47 Å². The molecule has 0 bridgehead atoms. The van der Waals surface area contributed by atoms with Crippen LogP contribution in [-0.2, 0) is 9.47 Å². The summed E-state index contributed by atoms with van der Waals surface area (Å²) >= 11 is 6.24. The van der Waals surface area contributed by atoms with E-state index in [1.165, 1.54) is 4.90 Å². The lowest BCUT2D eigenvalue weighted by atomic mass is 10.0. The average Bonchev–Trinajstić information content (AvgIpc) is 3.18. The predicted molar refractivity (Wildman–Crippen MR) is 102 cm³/mol. The fourth-order valence-electron chi connectivity index (χ4n) is 3.19. The number of alkyl halides is 2. The molecule has 158 valence electrons. The van der Waals surface area contributed by atoms with Gasteiger partial charge in [0.25, 0.3) is 6.43 Å². The maximum atomic E-state index is 13.3. The molecular formula is C19H23ClF2N4O3. The molecule has 3 rings (SSSR count). The van der Waals surface area contributed by atoms with Crippen molar-refractivity contribution in [2.24, 2.45) is 0 Å². The number of benzene rings is 1. The molecule has 0 N–H and O–H groups in total. The summed E-state index contributed by atoms with van der Waals surface area (Å²) in [6.07, 6.45) is -2.31. The summed E-state index contributed by atoms with van der Waals surface area (Å²) in [5.41, 5.74) is -0.700. The molecule has 1 unspecified atom stereocenters. The van der Waals surface area contributed by atoms with Crippen LogP contribution in [0.25, 0.3) is 5.69 Å². The van der Waals surface area contributed by atoms with Crippen molar-refractivity contribution in [1.29, 1.82) is 0 Å². The monoisotopic (exact) mass is 428 g/mol. The van der Waals surface area contributed by atoms with Crippen LogP contribution in [0.2, 0.25) is 5.02 Å². The van der Waals surface area contributed by atoms with Gasteiger partial charge in [-0.1, -0.05) is 17.7 Å². The first-order valence-electron chi connectivity index (χ1n) is 9.05. The Kier molecular flexibility index (Phi) is 5.57. The Balaban J connectivity index is 2.01. The fraction of sp³-hybridized carbons (Fsp3) is 0.526. The number of carbonyl (C=O) groups excluding carboxylic acids is 1. The Morgan fingerprint density at radius 2 is 2.07 bits per heavy atom. The molecule has 2 heterocycles. The first-order chi connectivity index (χ1) is 13.4. The zero-order chi connectivity index (χ0) is 21.6. The van der Waals surface area contributed by atoms with Crippen molar-refractivity contribution in [1.82, 2.24) is 19.7 Å². The van der Waals surface area contributed by atoms with E-state index >= 15 is 0 Å². The SMILES string of the molecule is CC(C)(C)OC(=O)N1C(c2ccc(Cl)c(-n3ncnc3C(F)F)c2)COC1(C)C. The minimum atomic E-state index is -2.82. The lowest BCUT2D eigenvalue weighted by Gasteiger charge is -2.35. The van der Waals surface area contributed by atoms with E-state index in [0.717, 1.165) is 11.0 Å². The number of hydrogen-bond donors (Lipinski definition) is 0. The summed E-state index contributed by atoms with van der Waals surface area (Å²) in [4.78, 5) is 18.0. The third-order valence-electron chi connectivity index (χ3n) is 4.43. The summed E-state index contributed by atoms with van der Waals surface area (Å²) in [5, 5.41) is 4.10. The maximum absolute atomic E-state index is 13.3. The normalized spacial score (nSPS) is 19.1. The summed E-state index contributed by atoms with van der Waals surface area (Å²) in [5.74, 6) is -0.518. The van der Waals surface area contributed by atoms with Crippen LogP contribution in [0.3, 0.4) is 0 Å². The molecule has 29 heavy (non-hydrogen) atoms. The second-order valence-electron chi connectivity index (χ2n) is 8.17. The molecular weight excluding hydrogens is 406 g/mol. The first kappa shape index (κ1) is 21.4. The van der Waals surface area contributed by atoms with Gasteiger partial charge in [0.05, 0.1) is 23.4 Å². The standard InChI is InChI=1S/C19H23ClF2N4O3/c1-18(2,3)29-17(27)25-14(9-28-19(25,4)5)11-6-7-12(20)13(8-11)26-16(15(21)22)23-10-24-26/h6-8,10,14-15H,9H2,1-5H3. The third kappa shape index (κ3) is 4.35. The molecule has 0 spiro atoms. The van der Waals surface area contributed by atoms with E-state index in [1.54, 1.807) is 52.8 Å². The molecule has 1 aromatic carbocycles. The summed E-state index contributed by atoms with van der Waals surface area (Å²) in [7, 11) is 0. The maximum Gasteiger partial charge on any atom is 0.413 e. The van der Waals surface area contributed by atoms with Gasteiger partial charge in [-0.3, -0.25) is 4.90 Å². The van der Waals surface area contributed by atoms with Gasteiger partial charge >= 0.3 is 6.09 Å². The molecule has 0 radical (unpaired) electrons. The molecule has 1 aromatic heterocycles. The van der Waals surface area contributed by atoms with Gasteiger partial charge in [-0.05, 0) is 52.3 Å². The molecule has 0 saturated carbocycles. The first-order valence-corrected chi connectivity index (χ1v) is 9.42. The van der Waals surface area contributed by atoms with E-state index in [0.29, 0.717) is 5.56 Å². The van der Waals surface area contributed by atoms with Gasteiger partial charge in [-0.15, -0.1) is 0 Å². The van der Waals surface area contributed by atoms with Crippen molar-refractivity contribution in [2.45, 2.75) is 58.4 Å². The average molecular weight is 429 g/mol. The molecule has 1 aliphatic heterocycles. The molecule has 1 amide bonds. The number of aromatic nitrogens is 3. The smallest absolute Gasteiger partial charge is 0.413 e. The van der Waals surface area contributed by atoms with Crippen LogP contribution >= 0.6 is 11.6 Å². The van der Waals surface area contributed by atoms with Crippen molar-refractivity contribution in [3.05, 3.63) is 40.9 Å². The number of carbonyl (C=O) groups is 1. The molecule has 1 saturated heterocycles. The zero-order valence-electron chi connectivity index (χ0n) is 16.8. The number of hydrogen-bond acceptors (Lipinski definition) is 5. The van der Waals surface area contributed by atoms with Gasteiger partial charge in [0.1, 0.15) is 17.7 Å². The van der Waals surface area contributed by atoms with Crippen molar-refractivity contribution in [3.8, 4) is 5.69 Å². The molecule has 10 heteroatoms. The Morgan fingerprint density at radius 1 is 1.38 bits per heavy atom. The second kappa shape index (κ2) is 7.53. The molecule has 1 aliphatic rings. The van der Waals surface area contributed by atoms with Crippen LogP contribution in [0, 0.1) is 0 Å². The molecule has 1 fully saturated rings. The summed E-state index contributed by atoms with van der Waals surface area (Å²) in [6.45, 7) is 9.08. The van der Waals surface area contributed by atoms with Crippen LogP contribution in [0.15, 0.2) is 24.5 Å². The quantitative estimate of drug-likeness (QED) is 0.695. The highest BCUT2D eigenvalue weighted by Gasteiger charge is 2.46. The number of ether oxygens (including phenoxy) is 2. The topological polar surface area (TPSA) is 69.5 Å². The molecule has 2 aromatic rings. The minimum absolute atomic E-state index is 0.215. The van der Waals surface area contributed by atoms with E-state index in [-0.39, 0.29) is 17.3 Å². The van der Waals surface area contributed by atoms with Crippen molar-refractivity contribution < 1.29 is 23.0 Å². The van der Waals surface area contributed by atoms with Crippen molar-refractivity contribution >= 4 is 17.7 Å². The van der Waals surface area contributed by atoms with E-state index in [2.05, 4.69) is 10.1 Å². The van der Waals surface area contributed by atoms with Crippen LogP contribution in [0.1, 0.15) is 58.5 Å². The van der Waals surface area contributed by atoms with Crippen LogP contribution in [-0.4, -0.2) is 43.7 Å². The van der Waals surface area contributed by atoms with Crippen molar-refractivity contribution in [3.63, 3.8) is 0 Å². The number of rotatable bonds is 3. The Bertz CT molecular complexity index is 911. The third-order valence-corrected chi connectivity index (χ3v) is 4.75. The highest BCUT2D eigenvalue weighted by atomic mass is 35.5.